The van der Waals surface area contributed by atoms with Gasteiger partial charge >= 0.3 is 0 Å². The van der Waals surface area contributed by atoms with E-state index in [1.54, 1.807) is 17.5 Å². The third kappa shape index (κ3) is 2.74. The SMILES string of the molecule is Cc1cnc(CNCc2cn[nH]c2-c2cccs2)o1. The summed E-state index contributed by atoms with van der Waals surface area (Å²) in [6.07, 6.45) is 3.58. The van der Waals surface area contributed by atoms with E-state index < -0.39 is 0 Å². The van der Waals surface area contributed by atoms with Gasteiger partial charge in [-0.3, -0.25) is 5.10 Å². The third-order valence-corrected chi connectivity index (χ3v) is 3.63. The Kier molecular flexibility index (Phi) is 3.43. The van der Waals surface area contributed by atoms with Crippen molar-refractivity contribution in [3.8, 4) is 10.6 Å². The van der Waals surface area contributed by atoms with Gasteiger partial charge in [-0.2, -0.15) is 5.10 Å². The number of rotatable bonds is 5. The second kappa shape index (κ2) is 5.38. The Morgan fingerprint density at radius 3 is 3.05 bits per heavy atom. The Bertz CT molecular complexity index is 641. The predicted molar refractivity (Wildman–Crippen MR) is 73.7 cm³/mol. The van der Waals surface area contributed by atoms with Crippen molar-refractivity contribution in [1.82, 2.24) is 20.5 Å². The van der Waals surface area contributed by atoms with Gasteiger partial charge in [-0.15, -0.1) is 11.3 Å². The lowest BCUT2D eigenvalue weighted by molar-refractivity contribution is 0.449. The van der Waals surface area contributed by atoms with E-state index in [9.17, 15) is 0 Å². The second-order valence-electron chi connectivity index (χ2n) is 4.22. The van der Waals surface area contributed by atoms with Crippen molar-refractivity contribution in [3.63, 3.8) is 0 Å². The predicted octanol–water partition coefficient (Wildman–Crippen LogP) is 2.72. The second-order valence-corrected chi connectivity index (χ2v) is 5.16. The fraction of sp³-hybridized carbons (Fsp3) is 0.231. The summed E-state index contributed by atoms with van der Waals surface area (Å²) in [4.78, 5) is 5.35. The first-order chi connectivity index (χ1) is 9.33. The molecule has 0 fully saturated rings. The van der Waals surface area contributed by atoms with E-state index >= 15 is 0 Å². The minimum Gasteiger partial charge on any atom is -0.445 e. The van der Waals surface area contributed by atoms with E-state index in [2.05, 4.69) is 31.9 Å². The van der Waals surface area contributed by atoms with E-state index in [1.165, 1.54) is 4.88 Å². The highest BCUT2D eigenvalue weighted by Gasteiger charge is 2.08. The number of oxazole rings is 1. The van der Waals surface area contributed by atoms with E-state index in [1.807, 2.05) is 19.2 Å². The monoisotopic (exact) mass is 274 g/mol. The molecule has 0 aromatic carbocycles. The number of nitrogens with zero attached hydrogens (tertiary/aromatic N) is 2. The Labute approximate surface area is 114 Å². The van der Waals surface area contributed by atoms with Crippen molar-refractivity contribution in [2.24, 2.45) is 0 Å². The lowest BCUT2D eigenvalue weighted by Crippen LogP contribution is -2.12. The van der Waals surface area contributed by atoms with Gasteiger partial charge in [-0.05, 0) is 18.4 Å². The number of aromatic nitrogens is 3. The molecule has 0 radical (unpaired) electrons. The van der Waals surface area contributed by atoms with Crippen molar-refractivity contribution < 1.29 is 4.42 Å². The molecule has 3 aromatic heterocycles. The standard InChI is InChI=1S/C13H14N4OS/c1-9-5-15-12(18-9)8-14-6-10-7-16-17-13(10)11-3-2-4-19-11/h2-5,7,14H,6,8H2,1H3,(H,16,17). The van der Waals surface area contributed by atoms with Crippen LogP contribution >= 0.6 is 11.3 Å². The molecule has 0 spiro atoms. The van der Waals surface area contributed by atoms with Gasteiger partial charge in [0.15, 0.2) is 0 Å². The number of aryl methyl sites for hydroxylation is 1. The van der Waals surface area contributed by atoms with Crippen LogP contribution in [0, 0.1) is 6.92 Å². The molecule has 19 heavy (non-hydrogen) atoms. The van der Waals surface area contributed by atoms with Crippen LogP contribution in [0.4, 0.5) is 0 Å². The molecule has 2 N–H and O–H groups in total. The highest BCUT2D eigenvalue weighted by molar-refractivity contribution is 7.13. The van der Waals surface area contributed by atoms with Crippen LogP contribution in [-0.4, -0.2) is 15.2 Å². The average molecular weight is 274 g/mol. The Hall–Kier alpha value is -1.92. The summed E-state index contributed by atoms with van der Waals surface area (Å²) in [7, 11) is 0. The Balaban J connectivity index is 1.63. The van der Waals surface area contributed by atoms with Gasteiger partial charge in [0.1, 0.15) is 5.76 Å². The zero-order chi connectivity index (χ0) is 13.1. The fourth-order valence-corrected chi connectivity index (χ4v) is 2.62. The van der Waals surface area contributed by atoms with Crippen molar-refractivity contribution in [3.05, 3.63) is 47.1 Å². The maximum Gasteiger partial charge on any atom is 0.208 e. The molecule has 3 aromatic rings. The van der Waals surface area contributed by atoms with Crippen LogP contribution in [0.3, 0.4) is 0 Å². The number of thiophene rings is 1. The molecule has 98 valence electrons. The molecule has 0 saturated heterocycles. The van der Waals surface area contributed by atoms with Crippen LogP contribution in [0.25, 0.3) is 10.6 Å². The largest absolute Gasteiger partial charge is 0.445 e. The van der Waals surface area contributed by atoms with Gasteiger partial charge in [0.25, 0.3) is 0 Å². The summed E-state index contributed by atoms with van der Waals surface area (Å²) in [5, 5.41) is 12.5. The molecule has 3 rings (SSSR count). The first-order valence-electron chi connectivity index (χ1n) is 6.01. The zero-order valence-electron chi connectivity index (χ0n) is 10.5. The van der Waals surface area contributed by atoms with Gasteiger partial charge in [-0.1, -0.05) is 6.07 Å². The first-order valence-corrected chi connectivity index (χ1v) is 6.89. The summed E-state index contributed by atoms with van der Waals surface area (Å²) in [5.74, 6) is 1.54. The fourth-order valence-electron chi connectivity index (χ4n) is 1.87. The molecule has 0 aliphatic rings. The molecule has 5 nitrogen and oxygen atoms in total. The maximum absolute atomic E-state index is 5.41. The number of nitrogens with one attached hydrogen (secondary N) is 2. The first kappa shape index (κ1) is 12.1. The Morgan fingerprint density at radius 2 is 2.32 bits per heavy atom. The molecule has 0 aliphatic carbocycles. The van der Waals surface area contributed by atoms with Crippen LogP contribution in [0.5, 0.6) is 0 Å². The average Bonchev–Trinajstić information content (AvgIpc) is 3.09. The number of hydrogen-bond acceptors (Lipinski definition) is 5. The summed E-state index contributed by atoms with van der Waals surface area (Å²) >= 11 is 1.70. The van der Waals surface area contributed by atoms with Crippen molar-refractivity contribution in [1.29, 1.82) is 0 Å². The minimum absolute atomic E-state index is 0.614. The van der Waals surface area contributed by atoms with Crippen LogP contribution in [0.2, 0.25) is 0 Å². The van der Waals surface area contributed by atoms with E-state index in [0.717, 1.165) is 23.6 Å². The van der Waals surface area contributed by atoms with Crippen LogP contribution in [-0.2, 0) is 13.1 Å². The third-order valence-electron chi connectivity index (χ3n) is 2.75. The van der Waals surface area contributed by atoms with Crippen molar-refractivity contribution in [2.75, 3.05) is 0 Å². The molecule has 0 aliphatic heterocycles. The van der Waals surface area contributed by atoms with Gasteiger partial charge in [0, 0.05) is 12.1 Å². The molecule has 6 heteroatoms. The van der Waals surface area contributed by atoms with Crippen molar-refractivity contribution >= 4 is 11.3 Å². The number of H-pyrrole nitrogens is 1. The van der Waals surface area contributed by atoms with Gasteiger partial charge in [0.2, 0.25) is 5.89 Å². The van der Waals surface area contributed by atoms with E-state index in [0.29, 0.717) is 12.4 Å². The molecule has 0 atom stereocenters. The normalized spacial score (nSPS) is 11.0. The summed E-state index contributed by atoms with van der Waals surface area (Å²) in [5.41, 5.74) is 2.22. The minimum atomic E-state index is 0.614. The summed E-state index contributed by atoms with van der Waals surface area (Å²) < 4.78 is 5.41. The molecular weight excluding hydrogens is 260 g/mol. The topological polar surface area (TPSA) is 66.7 Å². The zero-order valence-corrected chi connectivity index (χ0v) is 11.3. The van der Waals surface area contributed by atoms with Crippen LogP contribution in [0.15, 0.2) is 34.3 Å². The van der Waals surface area contributed by atoms with E-state index in [4.69, 9.17) is 4.42 Å². The lowest BCUT2D eigenvalue weighted by atomic mass is 10.2. The lowest BCUT2D eigenvalue weighted by Gasteiger charge is -2.02. The van der Waals surface area contributed by atoms with Gasteiger partial charge < -0.3 is 9.73 Å². The van der Waals surface area contributed by atoms with Gasteiger partial charge in [0.05, 0.1) is 29.5 Å². The smallest absolute Gasteiger partial charge is 0.208 e. The molecular formula is C13H14N4OS. The van der Waals surface area contributed by atoms with Crippen LogP contribution < -0.4 is 5.32 Å². The molecule has 0 saturated carbocycles. The number of hydrogen-bond donors (Lipinski definition) is 2. The molecule has 0 unspecified atom stereocenters. The molecule has 0 bridgehead atoms. The van der Waals surface area contributed by atoms with E-state index in [-0.39, 0.29) is 0 Å². The summed E-state index contributed by atoms with van der Waals surface area (Å²) in [6.45, 7) is 3.23. The molecule has 3 heterocycles. The molecule has 0 amide bonds. The van der Waals surface area contributed by atoms with Crippen molar-refractivity contribution in [2.45, 2.75) is 20.0 Å². The number of aromatic amines is 1. The summed E-state index contributed by atoms with van der Waals surface area (Å²) in [6, 6.07) is 4.12. The quantitative estimate of drug-likeness (QED) is 0.750. The highest BCUT2D eigenvalue weighted by atomic mass is 32.1. The van der Waals surface area contributed by atoms with Gasteiger partial charge in [-0.25, -0.2) is 4.98 Å². The maximum atomic E-state index is 5.41. The highest BCUT2D eigenvalue weighted by Crippen LogP contribution is 2.25. The Morgan fingerprint density at radius 1 is 1.37 bits per heavy atom. The van der Waals surface area contributed by atoms with Crippen LogP contribution in [0.1, 0.15) is 17.2 Å².